The van der Waals surface area contributed by atoms with Gasteiger partial charge in [0.2, 0.25) is 0 Å². The molecule has 1 aliphatic heterocycles. The molecule has 1 aromatic rings. The van der Waals surface area contributed by atoms with Crippen LogP contribution in [-0.4, -0.2) is 18.8 Å². The minimum absolute atomic E-state index is 0.543. The Hall–Kier alpha value is -0.890. The van der Waals surface area contributed by atoms with Crippen molar-refractivity contribution in [1.82, 2.24) is 5.32 Å². The Morgan fingerprint density at radius 2 is 2.06 bits per heavy atom. The molecule has 2 rings (SSSR count). The van der Waals surface area contributed by atoms with Gasteiger partial charge in [-0.1, -0.05) is 30.3 Å². The van der Waals surface area contributed by atoms with E-state index >= 15 is 0 Å². The summed E-state index contributed by atoms with van der Waals surface area (Å²) in [7, 11) is 0. The first-order chi connectivity index (χ1) is 7.79. The molecule has 88 valence electrons. The fourth-order valence-electron chi connectivity index (χ4n) is 2.40. The number of alkyl halides is 1. The molecule has 0 bridgehead atoms. The van der Waals surface area contributed by atoms with Gasteiger partial charge in [0.15, 0.2) is 0 Å². The Balaban J connectivity index is 1.75. The average molecular weight is 221 g/mol. The van der Waals surface area contributed by atoms with Gasteiger partial charge in [-0.3, -0.25) is 0 Å². The van der Waals surface area contributed by atoms with E-state index in [0.717, 1.165) is 32.2 Å². The molecule has 0 radical (unpaired) electrons. The normalized spacial score (nSPS) is 25.6. The minimum Gasteiger partial charge on any atom is -0.314 e. The molecule has 0 spiro atoms. The SMILES string of the molecule is FC1(CCCc2ccccc2)CCCNC1. The quantitative estimate of drug-likeness (QED) is 0.823. The Bertz CT molecular complexity index is 304. The fraction of sp³-hybridized carbons (Fsp3) is 0.571. The monoisotopic (exact) mass is 221 g/mol. The van der Waals surface area contributed by atoms with Crippen molar-refractivity contribution in [3.63, 3.8) is 0 Å². The van der Waals surface area contributed by atoms with E-state index in [1.54, 1.807) is 0 Å². The van der Waals surface area contributed by atoms with Gasteiger partial charge >= 0.3 is 0 Å². The van der Waals surface area contributed by atoms with Crippen LogP contribution in [-0.2, 0) is 6.42 Å². The molecule has 1 heterocycles. The summed E-state index contributed by atoms with van der Waals surface area (Å²) in [5.74, 6) is 0. The number of nitrogens with one attached hydrogen (secondary N) is 1. The van der Waals surface area contributed by atoms with E-state index in [4.69, 9.17) is 0 Å². The molecule has 1 unspecified atom stereocenters. The predicted molar refractivity (Wildman–Crippen MR) is 65.3 cm³/mol. The van der Waals surface area contributed by atoms with E-state index in [-0.39, 0.29) is 0 Å². The van der Waals surface area contributed by atoms with Gasteiger partial charge in [-0.05, 0) is 44.2 Å². The van der Waals surface area contributed by atoms with Gasteiger partial charge < -0.3 is 5.32 Å². The Kier molecular flexibility index (Phi) is 3.94. The van der Waals surface area contributed by atoms with E-state index in [1.807, 2.05) is 18.2 Å². The highest BCUT2D eigenvalue weighted by Gasteiger charge is 2.30. The number of piperidine rings is 1. The molecule has 2 heteroatoms. The Morgan fingerprint density at radius 1 is 1.25 bits per heavy atom. The highest BCUT2D eigenvalue weighted by molar-refractivity contribution is 5.14. The lowest BCUT2D eigenvalue weighted by Crippen LogP contribution is -2.42. The lowest BCUT2D eigenvalue weighted by molar-refractivity contribution is 0.109. The van der Waals surface area contributed by atoms with Crippen LogP contribution in [0.1, 0.15) is 31.2 Å². The summed E-state index contributed by atoms with van der Waals surface area (Å²) >= 11 is 0. The van der Waals surface area contributed by atoms with E-state index in [0.29, 0.717) is 13.0 Å². The third-order valence-corrected chi connectivity index (χ3v) is 3.35. The van der Waals surface area contributed by atoms with Crippen molar-refractivity contribution in [2.75, 3.05) is 13.1 Å². The van der Waals surface area contributed by atoms with Gasteiger partial charge in [0.05, 0.1) is 0 Å². The number of benzene rings is 1. The third kappa shape index (κ3) is 3.31. The first-order valence-corrected chi connectivity index (χ1v) is 6.22. The molecular formula is C14H20FN. The number of rotatable bonds is 4. The molecule has 1 fully saturated rings. The van der Waals surface area contributed by atoms with Gasteiger partial charge in [-0.15, -0.1) is 0 Å². The van der Waals surface area contributed by atoms with Crippen molar-refractivity contribution >= 4 is 0 Å². The van der Waals surface area contributed by atoms with Gasteiger partial charge in [-0.25, -0.2) is 4.39 Å². The van der Waals surface area contributed by atoms with Crippen LogP contribution in [0.3, 0.4) is 0 Å². The molecule has 1 N–H and O–H groups in total. The van der Waals surface area contributed by atoms with Crippen LogP contribution < -0.4 is 5.32 Å². The minimum atomic E-state index is -0.951. The molecule has 1 aliphatic rings. The van der Waals surface area contributed by atoms with Gasteiger partial charge in [-0.2, -0.15) is 0 Å². The van der Waals surface area contributed by atoms with Crippen LogP contribution in [0.25, 0.3) is 0 Å². The van der Waals surface area contributed by atoms with Crippen LogP contribution in [0.5, 0.6) is 0 Å². The summed E-state index contributed by atoms with van der Waals surface area (Å²) in [6.07, 6.45) is 4.33. The summed E-state index contributed by atoms with van der Waals surface area (Å²) in [5.41, 5.74) is 0.363. The topological polar surface area (TPSA) is 12.0 Å². The maximum atomic E-state index is 14.2. The number of halogens is 1. The largest absolute Gasteiger partial charge is 0.314 e. The van der Waals surface area contributed by atoms with E-state index in [9.17, 15) is 4.39 Å². The zero-order chi connectivity index (χ0) is 11.3. The first-order valence-electron chi connectivity index (χ1n) is 6.22. The molecule has 0 saturated carbocycles. The second-order valence-electron chi connectivity index (χ2n) is 4.77. The number of aryl methyl sites for hydroxylation is 1. The maximum Gasteiger partial charge on any atom is 0.123 e. The molecule has 1 atom stereocenters. The fourth-order valence-corrected chi connectivity index (χ4v) is 2.40. The summed E-state index contributed by atoms with van der Waals surface area (Å²) in [4.78, 5) is 0. The summed E-state index contributed by atoms with van der Waals surface area (Å²) in [5, 5.41) is 3.15. The molecule has 0 aliphatic carbocycles. The molecule has 1 saturated heterocycles. The highest BCUT2D eigenvalue weighted by atomic mass is 19.1. The van der Waals surface area contributed by atoms with Gasteiger partial charge in [0.25, 0.3) is 0 Å². The standard InChI is InChI=1S/C14H20FN/c15-14(10-5-11-16-12-14)9-4-8-13-6-2-1-3-7-13/h1-3,6-7,16H,4-5,8-12H2. The van der Waals surface area contributed by atoms with E-state index in [2.05, 4.69) is 17.4 Å². The molecule has 0 aromatic heterocycles. The third-order valence-electron chi connectivity index (χ3n) is 3.35. The lowest BCUT2D eigenvalue weighted by atomic mass is 9.90. The molecule has 1 nitrogen and oxygen atoms in total. The van der Waals surface area contributed by atoms with Crippen molar-refractivity contribution < 1.29 is 4.39 Å². The van der Waals surface area contributed by atoms with Crippen LogP contribution >= 0.6 is 0 Å². The van der Waals surface area contributed by atoms with Crippen LogP contribution in [0, 0.1) is 0 Å². The number of hydrogen-bond acceptors (Lipinski definition) is 1. The predicted octanol–water partition coefficient (Wildman–Crippen LogP) is 3.10. The second kappa shape index (κ2) is 5.44. The summed E-state index contributed by atoms with van der Waals surface area (Å²) in [6, 6.07) is 10.3. The zero-order valence-electron chi connectivity index (χ0n) is 9.71. The maximum absolute atomic E-state index is 14.2. The van der Waals surface area contributed by atoms with Crippen molar-refractivity contribution in [1.29, 1.82) is 0 Å². The second-order valence-corrected chi connectivity index (χ2v) is 4.77. The summed E-state index contributed by atoms with van der Waals surface area (Å²) in [6.45, 7) is 1.52. The van der Waals surface area contributed by atoms with Crippen LogP contribution in [0.2, 0.25) is 0 Å². The molecule has 0 amide bonds. The Morgan fingerprint density at radius 3 is 2.75 bits per heavy atom. The van der Waals surface area contributed by atoms with Gasteiger partial charge in [0, 0.05) is 6.54 Å². The molecule has 16 heavy (non-hydrogen) atoms. The van der Waals surface area contributed by atoms with Crippen molar-refractivity contribution in [3.05, 3.63) is 35.9 Å². The van der Waals surface area contributed by atoms with Crippen LogP contribution in [0.15, 0.2) is 30.3 Å². The Labute approximate surface area is 97.1 Å². The van der Waals surface area contributed by atoms with Gasteiger partial charge in [0.1, 0.15) is 5.67 Å². The average Bonchev–Trinajstić information content (AvgIpc) is 2.31. The molecule has 1 aromatic carbocycles. The van der Waals surface area contributed by atoms with E-state index < -0.39 is 5.67 Å². The van der Waals surface area contributed by atoms with E-state index in [1.165, 1.54) is 5.56 Å². The van der Waals surface area contributed by atoms with Crippen LogP contribution in [0.4, 0.5) is 4.39 Å². The zero-order valence-corrected chi connectivity index (χ0v) is 9.71. The first kappa shape index (κ1) is 11.6. The van der Waals surface area contributed by atoms with Crippen molar-refractivity contribution in [2.24, 2.45) is 0 Å². The summed E-state index contributed by atoms with van der Waals surface area (Å²) < 4.78 is 14.2. The number of hydrogen-bond donors (Lipinski definition) is 1. The van der Waals surface area contributed by atoms with Crippen molar-refractivity contribution in [2.45, 2.75) is 37.8 Å². The smallest absolute Gasteiger partial charge is 0.123 e. The highest BCUT2D eigenvalue weighted by Crippen LogP contribution is 2.26. The molecular weight excluding hydrogens is 201 g/mol. The van der Waals surface area contributed by atoms with Crippen molar-refractivity contribution in [3.8, 4) is 0 Å². The lowest BCUT2D eigenvalue weighted by Gasteiger charge is -2.30.